The Bertz CT molecular complexity index is 559. The highest BCUT2D eigenvalue weighted by Crippen LogP contribution is 2.45. The molecule has 2 aliphatic heterocycles. The first kappa shape index (κ1) is 13.7. The van der Waals surface area contributed by atoms with Crippen molar-refractivity contribution in [2.75, 3.05) is 19.7 Å². The summed E-state index contributed by atoms with van der Waals surface area (Å²) in [5, 5.41) is 0. The second kappa shape index (κ2) is 4.38. The van der Waals surface area contributed by atoms with Gasteiger partial charge in [0.25, 0.3) is 0 Å². The van der Waals surface area contributed by atoms with Crippen molar-refractivity contribution in [3.05, 3.63) is 28.2 Å². The van der Waals surface area contributed by atoms with Gasteiger partial charge in [0.05, 0.1) is 5.41 Å². The molecule has 0 aliphatic carbocycles. The maximum Gasteiger partial charge on any atom is 0.410 e. The van der Waals surface area contributed by atoms with E-state index in [0.29, 0.717) is 19.7 Å². The van der Waals surface area contributed by atoms with Crippen LogP contribution in [0.4, 0.5) is 4.79 Å². The van der Waals surface area contributed by atoms with Crippen LogP contribution in [0.25, 0.3) is 0 Å². The minimum absolute atomic E-state index is 0.0487. The van der Waals surface area contributed by atoms with Gasteiger partial charge in [-0.05, 0) is 32.9 Å². The molecular formula is C15H18BrNO3. The molecule has 1 aromatic carbocycles. The number of benzene rings is 1. The van der Waals surface area contributed by atoms with Crippen LogP contribution in [0.2, 0.25) is 0 Å². The van der Waals surface area contributed by atoms with Crippen LogP contribution in [-0.2, 0) is 10.2 Å². The summed E-state index contributed by atoms with van der Waals surface area (Å²) in [4.78, 5) is 13.7. The summed E-state index contributed by atoms with van der Waals surface area (Å²) < 4.78 is 12.2. The quantitative estimate of drug-likeness (QED) is 0.727. The Hall–Kier alpha value is -1.23. The molecule has 2 aliphatic rings. The molecular weight excluding hydrogens is 322 g/mol. The van der Waals surface area contributed by atoms with E-state index < -0.39 is 5.60 Å². The molecule has 1 amide bonds. The van der Waals surface area contributed by atoms with E-state index in [2.05, 4.69) is 22.0 Å². The minimum Gasteiger partial charge on any atom is -0.492 e. The lowest BCUT2D eigenvalue weighted by molar-refractivity contribution is -0.0134. The van der Waals surface area contributed by atoms with Gasteiger partial charge in [-0.1, -0.05) is 22.0 Å². The van der Waals surface area contributed by atoms with Crippen LogP contribution in [0.3, 0.4) is 0 Å². The third-order valence-corrected chi connectivity index (χ3v) is 4.15. The number of nitrogens with zero attached hydrogens (tertiary/aromatic N) is 1. The monoisotopic (exact) mass is 339 g/mol. The van der Waals surface area contributed by atoms with E-state index in [1.165, 1.54) is 5.56 Å². The van der Waals surface area contributed by atoms with Gasteiger partial charge >= 0.3 is 6.09 Å². The third-order valence-electron chi connectivity index (χ3n) is 3.66. The Labute approximate surface area is 127 Å². The first-order valence-electron chi connectivity index (χ1n) is 6.70. The predicted octanol–water partition coefficient (Wildman–Crippen LogP) is 3.33. The molecule has 0 atom stereocenters. The average Bonchev–Trinajstić information content (AvgIpc) is 2.62. The number of hydrogen-bond acceptors (Lipinski definition) is 3. The first-order chi connectivity index (χ1) is 9.29. The summed E-state index contributed by atoms with van der Waals surface area (Å²) in [6, 6.07) is 6.09. The van der Waals surface area contributed by atoms with Crippen molar-refractivity contribution in [1.29, 1.82) is 0 Å². The summed E-state index contributed by atoms with van der Waals surface area (Å²) in [5.41, 5.74) is 0.697. The van der Waals surface area contributed by atoms with Crippen molar-refractivity contribution >= 4 is 22.0 Å². The molecule has 0 radical (unpaired) electrons. The van der Waals surface area contributed by atoms with Crippen LogP contribution in [0.5, 0.6) is 5.75 Å². The van der Waals surface area contributed by atoms with Crippen molar-refractivity contribution < 1.29 is 14.3 Å². The first-order valence-corrected chi connectivity index (χ1v) is 7.49. The Balaban J connectivity index is 1.71. The van der Waals surface area contributed by atoms with E-state index in [-0.39, 0.29) is 11.5 Å². The zero-order valence-corrected chi connectivity index (χ0v) is 13.5. The Morgan fingerprint density at radius 3 is 2.75 bits per heavy atom. The summed E-state index contributed by atoms with van der Waals surface area (Å²) in [6.07, 6.45) is -0.242. The summed E-state index contributed by atoms with van der Waals surface area (Å²) in [7, 11) is 0. The maximum atomic E-state index is 12.0. The van der Waals surface area contributed by atoms with Gasteiger partial charge in [0, 0.05) is 23.1 Å². The second-order valence-corrected chi connectivity index (χ2v) is 7.46. The summed E-state index contributed by atoms with van der Waals surface area (Å²) >= 11 is 3.45. The fraction of sp³-hybridized carbons (Fsp3) is 0.533. The molecule has 1 fully saturated rings. The second-order valence-electron chi connectivity index (χ2n) is 6.55. The van der Waals surface area contributed by atoms with Gasteiger partial charge in [-0.2, -0.15) is 0 Å². The standard InChI is InChI=1S/C15H18BrNO3/c1-14(2,3)20-13(18)17-7-15(8-17)9-19-12-6-10(16)4-5-11(12)15/h4-6H,7-9H2,1-3H3. The van der Waals surface area contributed by atoms with E-state index >= 15 is 0 Å². The van der Waals surface area contributed by atoms with Crippen molar-refractivity contribution in [3.8, 4) is 5.75 Å². The highest BCUT2D eigenvalue weighted by molar-refractivity contribution is 9.10. The maximum absolute atomic E-state index is 12.0. The van der Waals surface area contributed by atoms with Gasteiger partial charge in [0.2, 0.25) is 0 Å². The number of fused-ring (bicyclic) bond motifs is 2. The lowest BCUT2D eigenvalue weighted by Gasteiger charge is -2.46. The average molecular weight is 340 g/mol. The van der Waals surface area contributed by atoms with Crippen LogP contribution in [-0.4, -0.2) is 36.3 Å². The lowest BCUT2D eigenvalue weighted by atomic mass is 9.76. The molecule has 2 heterocycles. The summed E-state index contributed by atoms with van der Waals surface area (Å²) in [5.74, 6) is 0.920. The Morgan fingerprint density at radius 2 is 2.10 bits per heavy atom. The van der Waals surface area contributed by atoms with Crippen LogP contribution in [0, 0.1) is 0 Å². The van der Waals surface area contributed by atoms with Gasteiger partial charge in [-0.25, -0.2) is 4.79 Å². The van der Waals surface area contributed by atoms with E-state index in [4.69, 9.17) is 9.47 Å². The van der Waals surface area contributed by atoms with E-state index in [9.17, 15) is 4.79 Å². The molecule has 0 bridgehead atoms. The highest BCUT2D eigenvalue weighted by Gasteiger charge is 2.52. The van der Waals surface area contributed by atoms with E-state index in [0.717, 1.165) is 10.2 Å². The van der Waals surface area contributed by atoms with Gasteiger partial charge < -0.3 is 14.4 Å². The number of rotatable bonds is 0. The molecule has 0 unspecified atom stereocenters. The Kier molecular flexibility index (Phi) is 3.01. The normalized spacial score (nSPS) is 19.3. The number of likely N-dealkylation sites (tertiary alicyclic amines) is 1. The molecule has 20 heavy (non-hydrogen) atoms. The number of halogens is 1. The molecule has 5 heteroatoms. The van der Waals surface area contributed by atoms with Crippen LogP contribution >= 0.6 is 15.9 Å². The molecule has 1 aromatic rings. The van der Waals surface area contributed by atoms with Gasteiger partial charge in [0.15, 0.2) is 0 Å². The number of carbonyl (C=O) groups excluding carboxylic acids is 1. The van der Waals surface area contributed by atoms with Crippen LogP contribution in [0.1, 0.15) is 26.3 Å². The SMILES string of the molecule is CC(C)(C)OC(=O)N1CC2(COc3cc(Br)ccc32)C1. The van der Waals surface area contributed by atoms with E-state index in [1.54, 1.807) is 4.90 Å². The highest BCUT2D eigenvalue weighted by atomic mass is 79.9. The van der Waals surface area contributed by atoms with Crippen LogP contribution < -0.4 is 4.74 Å². The molecule has 0 N–H and O–H groups in total. The number of amides is 1. The molecule has 108 valence electrons. The largest absolute Gasteiger partial charge is 0.492 e. The fourth-order valence-electron chi connectivity index (χ4n) is 2.75. The Morgan fingerprint density at radius 1 is 1.40 bits per heavy atom. The molecule has 1 spiro atoms. The van der Waals surface area contributed by atoms with E-state index in [1.807, 2.05) is 32.9 Å². The van der Waals surface area contributed by atoms with Gasteiger partial charge in [-0.15, -0.1) is 0 Å². The van der Waals surface area contributed by atoms with Crippen molar-refractivity contribution in [2.24, 2.45) is 0 Å². The van der Waals surface area contributed by atoms with Gasteiger partial charge in [-0.3, -0.25) is 0 Å². The molecule has 1 saturated heterocycles. The van der Waals surface area contributed by atoms with Crippen molar-refractivity contribution in [3.63, 3.8) is 0 Å². The smallest absolute Gasteiger partial charge is 0.410 e. The van der Waals surface area contributed by atoms with Crippen molar-refractivity contribution in [1.82, 2.24) is 4.90 Å². The fourth-order valence-corrected chi connectivity index (χ4v) is 3.09. The zero-order chi connectivity index (χ0) is 14.5. The minimum atomic E-state index is -0.450. The van der Waals surface area contributed by atoms with Gasteiger partial charge in [0.1, 0.15) is 18.0 Å². The number of carbonyl (C=O) groups is 1. The molecule has 0 saturated carbocycles. The zero-order valence-electron chi connectivity index (χ0n) is 11.9. The lowest BCUT2D eigenvalue weighted by Crippen LogP contribution is -2.62. The van der Waals surface area contributed by atoms with Crippen molar-refractivity contribution in [2.45, 2.75) is 31.8 Å². The topological polar surface area (TPSA) is 38.8 Å². The summed E-state index contributed by atoms with van der Waals surface area (Å²) in [6.45, 7) is 7.61. The molecule has 0 aromatic heterocycles. The number of hydrogen-bond donors (Lipinski definition) is 0. The predicted molar refractivity (Wildman–Crippen MR) is 79.1 cm³/mol. The molecule has 3 rings (SSSR count). The third kappa shape index (κ3) is 2.28. The van der Waals surface area contributed by atoms with Crippen LogP contribution in [0.15, 0.2) is 22.7 Å². The number of ether oxygens (including phenoxy) is 2. The molecule has 4 nitrogen and oxygen atoms in total.